The maximum Gasteiger partial charge on any atom is 0.175 e. The zero-order chi connectivity index (χ0) is 14.1. The van der Waals surface area contributed by atoms with Gasteiger partial charge in [-0.3, -0.25) is 0 Å². The third-order valence-electron chi connectivity index (χ3n) is 2.48. The van der Waals surface area contributed by atoms with Gasteiger partial charge in [0.1, 0.15) is 0 Å². The van der Waals surface area contributed by atoms with Crippen LogP contribution in [0.15, 0.2) is 16.6 Å². The number of thioether (sulfide) groups is 1. The van der Waals surface area contributed by atoms with Gasteiger partial charge in [0.15, 0.2) is 11.5 Å². The van der Waals surface area contributed by atoms with Gasteiger partial charge in [-0.1, -0.05) is 6.92 Å². The van der Waals surface area contributed by atoms with Gasteiger partial charge in [0.25, 0.3) is 0 Å². The second-order valence-electron chi connectivity index (χ2n) is 3.96. The molecule has 1 N–H and O–H groups in total. The molecule has 0 aliphatic heterocycles. The van der Waals surface area contributed by atoms with Gasteiger partial charge in [-0.2, -0.15) is 11.8 Å². The lowest BCUT2D eigenvalue weighted by molar-refractivity contribution is 0.287. The summed E-state index contributed by atoms with van der Waals surface area (Å²) in [6.45, 7) is 7.19. The Morgan fingerprint density at radius 3 is 2.68 bits per heavy atom. The highest BCUT2D eigenvalue weighted by molar-refractivity contribution is 9.10. The molecule has 5 heteroatoms. The Morgan fingerprint density at radius 2 is 2.05 bits per heavy atom. The first-order valence-corrected chi connectivity index (χ1v) is 8.69. The van der Waals surface area contributed by atoms with Crippen LogP contribution in [0.1, 0.15) is 19.4 Å². The van der Waals surface area contributed by atoms with E-state index in [0.29, 0.717) is 13.2 Å². The molecule has 108 valence electrons. The zero-order valence-electron chi connectivity index (χ0n) is 11.8. The molecule has 0 heterocycles. The van der Waals surface area contributed by atoms with Gasteiger partial charge in [-0.25, -0.2) is 0 Å². The molecule has 0 amide bonds. The molecule has 0 saturated carbocycles. The van der Waals surface area contributed by atoms with E-state index < -0.39 is 0 Å². The van der Waals surface area contributed by atoms with E-state index in [1.165, 1.54) is 5.56 Å². The van der Waals surface area contributed by atoms with Gasteiger partial charge in [-0.15, -0.1) is 0 Å². The van der Waals surface area contributed by atoms with Crippen molar-refractivity contribution in [3.05, 3.63) is 22.2 Å². The number of rotatable bonds is 9. The maximum atomic E-state index is 5.81. The Balaban J connectivity index is 2.87. The summed E-state index contributed by atoms with van der Waals surface area (Å²) < 4.78 is 12.4. The van der Waals surface area contributed by atoms with Gasteiger partial charge in [0, 0.05) is 12.3 Å². The lowest BCUT2D eigenvalue weighted by Crippen LogP contribution is -2.12. The predicted molar refractivity (Wildman–Crippen MR) is 86.6 cm³/mol. The van der Waals surface area contributed by atoms with E-state index in [1.54, 1.807) is 11.8 Å². The van der Waals surface area contributed by atoms with E-state index in [0.717, 1.165) is 34.8 Å². The van der Waals surface area contributed by atoms with Gasteiger partial charge < -0.3 is 14.8 Å². The molecular formula is C14H22BrNO2S. The Bertz CT molecular complexity index is 388. The Labute approximate surface area is 128 Å². The summed E-state index contributed by atoms with van der Waals surface area (Å²) in [4.78, 5) is 0. The van der Waals surface area contributed by atoms with Crippen LogP contribution in [0.3, 0.4) is 0 Å². The number of hydrogen-bond acceptors (Lipinski definition) is 4. The van der Waals surface area contributed by atoms with Crippen molar-refractivity contribution >= 4 is 27.7 Å². The molecule has 0 unspecified atom stereocenters. The van der Waals surface area contributed by atoms with E-state index in [-0.39, 0.29) is 0 Å². The first kappa shape index (κ1) is 16.7. The van der Waals surface area contributed by atoms with Crippen LogP contribution in [0.5, 0.6) is 11.5 Å². The summed E-state index contributed by atoms with van der Waals surface area (Å²) in [7, 11) is 0. The van der Waals surface area contributed by atoms with E-state index in [1.807, 2.05) is 13.0 Å². The van der Waals surface area contributed by atoms with Crippen LogP contribution in [0.25, 0.3) is 0 Å². The second-order valence-corrected chi connectivity index (χ2v) is 5.80. The van der Waals surface area contributed by atoms with Gasteiger partial charge in [-0.05, 0) is 53.4 Å². The quantitative estimate of drug-likeness (QED) is 0.690. The van der Waals surface area contributed by atoms with Crippen LogP contribution in [0.4, 0.5) is 0 Å². The zero-order valence-corrected chi connectivity index (χ0v) is 14.2. The van der Waals surface area contributed by atoms with Crippen LogP contribution in [-0.4, -0.2) is 31.8 Å². The normalized spacial score (nSPS) is 10.5. The maximum absolute atomic E-state index is 5.81. The molecule has 0 radical (unpaired) electrons. The minimum absolute atomic E-state index is 0.635. The third-order valence-corrected chi connectivity index (χ3v) is 3.65. The second kappa shape index (κ2) is 9.50. The van der Waals surface area contributed by atoms with Gasteiger partial charge in [0.2, 0.25) is 0 Å². The third kappa shape index (κ3) is 5.63. The lowest BCUT2D eigenvalue weighted by Gasteiger charge is -2.15. The summed E-state index contributed by atoms with van der Waals surface area (Å²) in [6, 6.07) is 4.13. The Kier molecular flexibility index (Phi) is 8.34. The fourth-order valence-corrected chi connectivity index (χ4v) is 2.48. The standard InChI is InChI=1S/C14H22BrNO2S/c1-4-16-10-11-8-12(15)14(18-6-7-19-3)13(9-11)17-5-2/h8-9,16H,4-7,10H2,1-3H3. The summed E-state index contributed by atoms with van der Waals surface area (Å²) in [5.74, 6) is 2.58. The van der Waals surface area contributed by atoms with Crippen molar-refractivity contribution in [3.63, 3.8) is 0 Å². The average molecular weight is 348 g/mol. The fourth-order valence-electron chi connectivity index (χ4n) is 1.62. The highest BCUT2D eigenvalue weighted by atomic mass is 79.9. The molecule has 0 saturated heterocycles. The molecule has 1 rings (SSSR count). The van der Waals surface area contributed by atoms with Crippen molar-refractivity contribution in [2.24, 2.45) is 0 Å². The SMILES string of the molecule is CCNCc1cc(Br)c(OCCSC)c(OCC)c1. The van der Waals surface area contributed by atoms with Crippen LogP contribution >= 0.6 is 27.7 Å². The molecule has 1 aromatic rings. The van der Waals surface area contributed by atoms with Crippen LogP contribution in [0.2, 0.25) is 0 Å². The smallest absolute Gasteiger partial charge is 0.175 e. The molecule has 1 aromatic carbocycles. The van der Waals surface area contributed by atoms with Crippen LogP contribution < -0.4 is 14.8 Å². The molecule has 0 fully saturated rings. The van der Waals surface area contributed by atoms with Crippen LogP contribution in [0, 0.1) is 0 Å². The van der Waals surface area contributed by atoms with E-state index in [9.17, 15) is 0 Å². The summed E-state index contributed by atoms with van der Waals surface area (Å²) >= 11 is 5.34. The number of hydrogen-bond donors (Lipinski definition) is 1. The lowest BCUT2D eigenvalue weighted by atomic mass is 10.2. The largest absolute Gasteiger partial charge is 0.490 e. The first-order chi connectivity index (χ1) is 9.22. The number of benzene rings is 1. The first-order valence-electron chi connectivity index (χ1n) is 6.50. The van der Waals surface area contributed by atoms with Crippen molar-refractivity contribution < 1.29 is 9.47 Å². The molecule has 0 aromatic heterocycles. The number of ether oxygens (including phenoxy) is 2. The highest BCUT2D eigenvalue weighted by Crippen LogP contribution is 2.37. The van der Waals surface area contributed by atoms with Crippen molar-refractivity contribution in [2.45, 2.75) is 20.4 Å². The molecule has 0 aliphatic rings. The van der Waals surface area contributed by atoms with Gasteiger partial charge >= 0.3 is 0 Å². The molecule has 0 atom stereocenters. The van der Waals surface area contributed by atoms with Crippen molar-refractivity contribution in [2.75, 3.05) is 31.8 Å². The highest BCUT2D eigenvalue weighted by Gasteiger charge is 2.12. The molecular weight excluding hydrogens is 326 g/mol. The van der Waals surface area contributed by atoms with E-state index in [2.05, 4.69) is 40.5 Å². The Morgan fingerprint density at radius 1 is 1.26 bits per heavy atom. The minimum atomic E-state index is 0.635. The predicted octanol–water partition coefficient (Wildman–Crippen LogP) is 3.70. The van der Waals surface area contributed by atoms with Crippen LogP contribution in [-0.2, 0) is 6.54 Å². The molecule has 0 spiro atoms. The minimum Gasteiger partial charge on any atom is -0.490 e. The summed E-state index contributed by atoms with van der Waals surface area (Å²) in [5.41, 5.74) is 1.19. The topological polar surface area (TPSA) is 30.5 Å². The van der Waals surface area contributed by atoms with Crippen molar-refractivity contribution in [1.82, 2.24) is 5.32 Å². The number of nitrogens with one attached hydrogen (secondary N) is 1. The Hall–Kier alpha value is -0.390. The average Bonchev–Trinajstić information content (AvgIpc) is 2.40. The molecule has 3 nitrogen and oxygen atoms in total. The molecule has 19 heavy (non-hydrogen) atoms. The summed E-state index contributed by atoms with van der Waals surface area (Å²) in [5, 5.41) is 3.31. The monoisotopic (exact) mass is 347 g/mol. The van der Waals surface area contributed by atoms with E-state index in [4.69, 9.17) is 9.47 Å². The van der Waals surface area contributed by atoms with Crippen molar-refractivity contribution in [1.29, 1.82) is 0 Å². The fraction of sp³-hybridized carbons (Fsp3) is 0.571. The van der Waals surface area contributed by atoms with E-state index >= 15 is 0 Å². The number of halogens is 1. The van der Waals surface area contributed by atoms with Gasteiger partial charge in [0.05, 0.1) is 17.7 Å². The van der Waals surface area contributed by atoms with Crippen molar-refractivity contribution in [3.8, 4) is 11.5 Å². The molecule has 0 bridgehead atoms. The molecule has 0 aliphatic carbocycles. The summed E-state index contributed by atoms with van der Waals surface area (Å²) in [6.07, 6.45) is 2.07.